The van der Waals surface area contributed by atoms with Crippen LogP contribution in [0.2, 0.25) is 210 Å². The van der Waals surface area contributed by atoms with Crippen molar-refractivity contribution in [1.29, 1.82) is 0 Å². The van der Waals surface area contributed by atoms with Gasteiger partial charge in [0.1, 0.15) is 0 Å². The van der Waals surface area contributed by atoms with Crippen molar-refractivity contribution in [3.05, 3.63) is 0 Å². The molecule has 8 nitrogen and oxygen atoms in total. The summed E-state index contributed by atoms with van der Waals surface area (Å²) in [6.45, 7) is 68.1. The van der Waals surface area contributed by atoms with Crippen LogP contribution in [0, 0.1) is 0 Å². The van der Waals surface area contributed by atoms with Crippen molar-refractivity contribution >= 4 is 82.7 Å². The van der Waals surface area contributed by atoms with Crippen LogP contribution in [-0.2, 0) is 8.23 Å². The molecule has 336 valence electrons. The summed E-state index contributed by atoms with van der Waals surface area (Å²) in [4.78, 5) is 34.6. The third-order valence-corrected chi connectivity index (χ3v) is 11.0. The van der Waals surface area contributed by atoms with Crippen LogP contribution in [0.3, 0.4) is 0 Å². The van der Waals surface area contributed by atoms with E-state index in [0.717, 1.165) is 0 Å². The van der Waals surface area contributed by atoms with Gasteiger partial charge < -0.3 is 38.4 Å². The molecule has 0 atom stereocenters. The third kappa shape index (κ3) is 699. The fourth-order valence-corrected chi connectivity index (χ4v) is 16.5. The molecular weight excluding hydrogens is 817 g/mol. The predicted octanol–water partition coefficient (Wildman–Crippen LogP) is 12.1. The van der Waals surface area contributed by atoms with Gasteiger partial charge in [0.15, 0.2) is 66.5 Å². The Bertz CT molecular complexity index is 530. The lowest BCUT2D eigenvalue weighted by atomic mass is 11.8. The van der Waals surface area contributed by atoms with Crippen molar-refractivity contribution in [1.82, 2.24) is 0 Å². The van der Waals surface area contributed by atoms with E-state index in [2.05, 4.69) is 131 Å². The van der Waals surface area contributed by atoms with Crippen LogP contribution in [0.1, 0.15) is 14.9 Å². The molecule has 0 fully saturated rings. The van der Waals surface area contributed by atoms with E-state index in [1.165, 1.54) is 0 Å². The van der Waals surface area contributed by atoms with Crippen LogP contribution < -0.4 is 0 Å². The molecule has 0 bridgehead atoms. The molecule has 0 aliphatic carbocycles. The molecule has 18 heteroatoms. The number of hydrogen-bond donors (Lipinski definition) is 4. The molecule has 0 saturated carbocycles. The highest BCUT2D eigenvalue weighted by Gasteiger charge is 2.25. The van der Waals surface area contributed by atoms with E-state index in [1.54, 1.807) is 0 Å². The van der Waals surface area contributed by atoms with Gasteiger partial charge in [-0.25, -0.2) is 0 Å². The largest absolute Gasteiger partial charge is 0.456 e. The van der Waals surface area contributed by atoms with Crippen molar-refractivity contribution in [3.8, 4) is 0 Å². The van der Waals surface area contributed by atoms with Crippen molar-refractivity contribution in [2.75, 3.05) is 0 Å². The molecule has 52 heavy (non-hydrogen) atoms. The second kappa shape index (κ2) is 34.9. The normalized spacial score (nSPS) is 11.8. The summed E-state index contributed by atoms with van der Waals surface area (Å²) in [5.41, 5.74) is 0. The number of hydrogen-bond acceptors (Lipinski definition) is 6. The molecule has 0 saturated heterocycles. The Morgan fingerprint density at radius 3 is 0.269 bits per heavy atom. The van der Waals surface area contributed by atoms with Gasteiger partial charge in [0.05, 0.1) is 0 Å². The van der Waals surface area contributed by atoms with Gasteiger partial charge in [0.2, 0.25) is 0 Å². The van der Waals surface area contributed by atoms with Crippen LogP contribution in [0.15, 0.2) is 0 Å². The van der Waals surface area contributed by atoms with Crippen molar-refractivity contribution in [3.63, 3.8) is 0 Å². The van der Waals surface area contributed by atoms with Crippen LogP contribution >= 0.6 is 0 Å². The van der Waals surface area contributed by atoms with Crippen LogP contribution in [0.5, 0.6) is 0 Å². The van der Waals surface area contributed by atoms with Gasteiger partial charge in [-0.1, -0.05) is 67.2 Å². The Morgan fingerprint density at radius 2 is 0.269 bits per heavy atom. The van der Waals surface area contributed by atoms with Gasteiger partial charge in [0, 0.05) is 16.1 Å². The van der Waals surface area contributed by atoms with E-state index >= 15 is 0 Å². The van der Waals surface area contributed by atoms with E-state index in [1.807, 2.05) is 78.6 Å². The smallest absolute Gasteiger partial charge is 0.179 e. The van der Waals surface area contributed by atoms with Crippen LogP contribution in [0.4, 0.5) is 0 Å². The lowest BCUT2D eigenvalue weighted by Crippen LogP contribution is -2.39. The summed E-state index contributed by atoms with van der Waals surface area (Å²) in [6, 6.07) is 0. The minimum absolute atomic E-state index is 0. The van der Waals surface area contributed by atoms with Crippen molar-refractivity contribution < 1.29 is 38.4 Å². The maximum Gasteiger partial charge on any atom is 0.179 e. The molecule has 0 aromatic heterocycles. The first-order valence-corrected chi connectivity index (χ1v) is 53.1. The molecule has 0 spiro atoms. The lowest BCUT2D eigenvalue weighted by Gasteiger charge is -2.27. The SMILES string of the molecule is C.C.C[Si](C)(C)C.C[Si](C)(C)C.C[Si](C)(C)O.C[Si](C)(C)O.C[Si](C)(C)O.C[Si](C)(C)O.C[Si](C)(C)O[Si](C)(C)C.C[Si](C)(C)O[Si](C)(C)C.O.O. The van der Waals surface area contributed by atoms with Gasteiger partial charge in [-0.05, 0) is 157 Å². The zero-order chi connectivity index (χ0) is 42.4. The second-order valence-electron chi connectivity index (χ2n) is 23.3. The molecule has 0 aromatic carbocycles. The molecule has 0 aliphatic rings. The Labute approximate surface area is 343 Å². The highest BCUT2D eigenvalue weighted by Crippen LogP contribution is 2.13. The second-order valence-corrected chi connectivity index (χ2v) is 71.2. The highest BCUT2D eigenvalue weighted by molar-refractivity contribution is 6.84. The van der Waals surface area contributed by atoms with E-state index in [-0.39, 0.29) is 25.8 Å². The van der Waals surface area contributed by atoms with Crippen molar-refractivity contribution in [2.24, 2.45) is 0 Å². The first-order chi connectivity index (χ1) is 19.4. The maximum absolute atomic E-state index is 8.66. The van der Waals surface area contributed by atoms with Crippen LogP contribution in [-0.4, -0.2) is 113 Å². The first-order valence-electron chi connectivity index (χ1n) is 17.7. The molecule has 0 unspecified atom stereocenters. The fraction of sp³-hybridized carbons (Fsp3) is 1.00. The van der Waals surface area contributed by atoms with Gasteiger partial charge in [-0.2, -0.15) is 0 Å². The minimum atomic E-state index is -1.61. The van der Waals surface area contributed by atoms with Gasteiger partial charge in [-0.3, -0.25) is 0 Å². The molecule has 0 rings (SSSR count). The predicted molar refractivity (Wildman–Crippen MR) is 277 cm³/mol. The Morgan fingerprint density at radius 1 is 0.231 bits per heavy atom. The zero-order valence-electron chi connectivity index (χ0n) is 40.6. The summed E-state index contributed by atoms with van der Waals surface area (Å²) in [7, 11) is -12.6. The van der Waals surface area contributed by atoms with Gasteiger partial charge >= 0.3 is 0 Å². The molecule has 0 radical (unpaired) electrons. The average molecular weight is 930 g/mol. The van der Waals surface area contributed by atoms with E-state index in [9.17, 15) is 0 Å². The topological polar surface area (TPSA) is 162 Å². The van der Waals surface area contributed by atoms with Gasteiger partial charge in [-0.15, -0.1) is 0 Å². The summed E-state index contributed by atoms with van der Waals surface area (Å²) >= 11 is 0. The lowest BCUT2D eigenvalue weighted by molar-refractivity contribution is 0.558. The summed E-state index contributed by atoms with van der Waals surface area (Å²) in [6.07, 6.45) is 0. The van der Waals surface area contributed by atoms with E-state index < -0.39 is 82.7 Å². The Kier molecular flexibility index (Phi) is 57.6. The zero-order valence-corrected chi connectivity index (χ0v) is 50.6. The molecule has 0 heterocycles. The van der Waals surface area contributed by atoms with E-state index in [4.69, 9.17) is 27.4 Å². The molecule has 0 amide bonds. The summed E-state index contributed by atoms with van der Waals surface area (Å²) in [5.74, 6) is 0. The first kappa shape index (κ1) is 85.9. The molecular formula is C34H112O8Si10. The average Bonchev–Trinajstić information content (AvgIpc) is 2.35. The van der Waals surface area contributed by atoms with Crippen LogP contribution in [0.25, 0.3) is 0 Å². The highest BCUT2D eigenvalue weighted by atomic mass is 28.4. The molecule has 0 aliphatic heterocycles. The third-order valence-electron chi connectivity index (χ3n) is 1.22. The van der Waals surface area contributed by atoms with Crippen molar-refractivity contribution in [2.45, 2.75) is 224 Å². The molecule has 8 N–H and O–H groups in total. The number of rotatable bonds is 4. The fourth-order valence-electron chi connectivity index (χ4n) is 1.84. The Hall–Kier alpha value is 1.85. The van der Waals surface area contributed by atoms with E-state index in [0.29, 0.717) is 0 Å². The summed E-state index contributed by atoms with van der Waals surface area (Å²) < 4.78 is 11.8. The summed E-state index contributed by atoms with van der Waals surface area (Å²) in [5, 5.41) is 0. The molecule has 0 aromatic rings. The minimum Gasteiger partial charge on any atom is -0.456 e. The maximum atomic E-state index is 8.66. The quantitative estimate of drug-likeness (QED) is 0.205. The Balaban J connectivity index is -0.0000000353. The van der Waals surface area contributed by atoms with Gasteiger partial charge in [0.25, 0.3) is 0 Å². The standard InChI is InChI=1S/2C6H18OSi2.2C4H12Si.4C3H10OSi.2CH4.2H2O/c2*1-8(2,3)7-9(4,5)6;6*1-5(2,3)4;;;;/h2*1-6H3;2*1-4H3;4*4H,1-3H3;2*1H4;2*1H2. The monoisotopic (exact) mass is 929 g/mol.